The van der Waals surface area contributed by atoms with E-state index in [1.807, 2.05) is 13.8 Å². The van der Waals surface area contributed by atoms with Crippen LogP contribution in [-0.2, 0) is 6.42 Å². The number of fused-ring (bicyclic) bond motifs is 1. The van der Waals surface area contributed by atoms with Crippen LogP contribution in [0.1, 0.15) is 36.9 Å². The summed E-state index contributed by atoms with van der Waals surface area (Å²) in [6.45, 7) is 4.02. The molecule has 1 N–H and O–H groups in total. The molecule has 1 aliphatic rings. The summed E-state index contributed by atoms with van der Waals surface area (Å²) in [5.41, 5.74) is 0.222. The second-order valence-corrected chi connectivity index (χ2v) is 7.17. The molecule has 1 aromatic heterocycles. The summed E-state index contributed by atoms with van der Waals surface area (Å²) in [6.07, 6.45) is 0.539. The van der Waals surface area contributed by atoms with Gasteiger partial charge in [0.25, 0.3) is 0 Å². The summed E-state index contributed by atoms with van der Waals surface area (Å²) in [6, 6.07) is 1.28. The molecular formula is C15H14F3NOS. The van der Waals surface area contributed by atoms with Gasteiger partial charge >= 0.3 is 0 Å². The fraction of sp³-hybridized carbons (Fsp3) is 0.400. The number of thiazole rings is 1. The maximum Gasteiger partial charge on any atom is 0.139 e. The first-order valence-corrected chi connectivity index (χ1v) is 7.41. The zero-order valence-corrected chi connectivity index (χ0v) is 12.4. The Morgan fingerprint density at radius 3 is 2.48 bits per heavy atom. The van der Waals surface area contributed by atoms with Crippen molar-refractivity contribution in [1.29, 1.82) is 0 Å². The summed E-state index contributed by atoms with van der Waals surface area (Å²) in [5.74, 6) is -2.92. The minimum absolute atomic E-state index is 0.113. The van der Waals surface area contributed by atoms with Gasteiger partial charge in [0, 0.05) is 12.1 Å². The number of aliphatic hydroxyl groups is 1. The molecule has 0 amide bonds. The van der Waals surface area contributed by atoms with Crippen LogP contribution in [0.3, 0.4) is 0 Å². The predicted molar refractivity (Wildman–Crippen MR) is 74.5 cm³/mol. The van der Waals surface area contributed by atoms with E-state index in [0.29, 0.717) is 35.5 Å². The van der Waals surface area contributed by atoms with Crippen LogP contribution >= 0.6 is 11.3 Å². The summed E-state index contributed by atoms with van der Waals surface area (Å²) < 4.78 is 40.6. The molecule has 0 saturated carbocycles. The minimum atomic E-state index is -0.979. The standard InChI is InChI=1S/C15H14F3NOS/c1-15(2)5-10-13(11(20)6-15)21-14(19-10)12-8(17)3-7(16)4-9(12)18/h3-4,11,20H,5-6H2,1-2H3. The van der Waals surface area contributed by atoms with Crippen LogP contribution in [0.25, 0.3) is 10.6 Å². The Hall–Kier alpha value is -1.40. The normalized spacial score (nSPS) is 20.4. The molecule has 0 fully saturated rings. The largest absolute Gasteiger partial charge is 0.387 e. The van der Waals surface area contributed by atoms with Crippen LogP contribution in [0.2, 0.25) is 0 Å². The summed E-state index contributed by atoms with van der Waals surface area (Å²) in [7, 11) is 0. The molecule has 6 heteroatoms. The van der Waals surface area contributed by atoms with E-state index in [2.05, 4.69) is 4.98 Å². The van der Waals surface area contributed by atoms with Crippen molar-refractivity contribution in [3.8, 4) is 10.6 Å². The number of hydrogen-bond acceptors (Lipinski definition) is 3. The van der Waals surface area contributed by atoms with Crippen LogP contribution in [0, 0.1) is 22.9 Å². The van der Waals surface area contributed by atoms with E-state index in [1.54, 1.807) is 0 Å². The number of rotatable bonds is 1. The average Bonchev–Trinajstić information content (AvgIpc) is 2.69. The molecule has 1 unspecified atom stereocenters. The van der Waals surface area contributed by atoms with Crippen molar-refractivity contribution < 1.29 is 18.3 Å². The van der Waals surface area contributed by atoms with Crippen molar-refractivity contribution in [3.63, 3.8) is 0 Å². The molecule has 0 bridgehead atoms. The smallest absolute Gasteiger partial charge is 0.139 e. The fourth-order valence-corrected chi connectivity index (χ4v) is 3.86. The Labute approximate surface area is 124 Å². The quantitative estimate of drug-likeness (QED) is 0.854. The third-order valence-corrected chi connectivity index (χ3v) is 4.86. The first-order chi connectivity index (χ1) is 9.77. The van der Waals surface area contributed by atoms with Gasteiger partial charge in [-0.2, -0.15) is 0 Å². The first-order valence-electron chi connectivity index (χ1n) is 6.59. The molecule has 1 aliphatic carbocycles. The molecular weight excluding hydrogens is 299 g/mol. The summed E-state index contributed by atoms with van der Waals surface area (Å²) in [5, 5.41) is 10.3. The highest BCUT2D eigenvalue weighted by Crippen LogP contribution is 2.45. The Bertz CT molecular complexity index is 688. The zero-order chi connectivity index (χ0) is 15.4. The number of halogens is 3. The van der Waals surface area contributed by atoms with Crippen LogP contribution in [0.5, 0.6) is 0 Å². The van der Waals surface area contributed by atoms with Crippen LogP contribution in [-0.4, -0.2) is 10.1 Å². The Balaban J connectivity index is 2.11. The highest BCUT2D eigenvalue weighted by atomic mass is 32.1. The molecule has 112 valence electrons. The first kappa shape index (κ1) is 14.5. The molecule has 2 aromatic rings. The molecule has 2 nitrogen and oxygen atoms in total. The second-order valence-electron chi connectivity index (χ2n) is 6.14. The average molecular weight is 313 g/mol. The van der Waals surface area contributed by atoms with Crippen molar-refractivity contribution in [2.24, 2.45) is 5.41 Å². The van der Waals surface area contributed by atoms with E-state index >= 15 is 0 Å². The lowest BCUT2D eigenvalue weighted by Gasteiger charge is -2.31. The highest BCUT2D eigenvalue weighted by Gasteiger charge is 2.34. The molecule has 0 aliphatic heterocycles. The van der Waals surface area contributed by atoms with Crippen molar-refractivity contribution in [2.75, 3.05) is 0 Å². The van der Waals surface area contributed by atoms with E-state index < -0.39 is 23.6 Å². The summed E-state index contributed by atoms with van der Waals surface area (Å²) in [4.78, 5) is 4.92. The maximum absolute atomic E-state index is 13.8. The van der Waals surface area contributed by atoms with Crippen LogP contribution in [0.4, 0.5) is 13.2 Å². The second kappa shape index (κ2) is 4.81. The topological polar surface area (TPSA) is 33.1 Å². The highest BCUT2D eigenvalue weighted by molar-refractivity contribution is 7.15. The molecule has 21 heavy (non-hydrogen) atoms. The van der Waals surface area contributed by atoms with Gasteiger partial charge in [0.2, 0.25) is 0 Å². The van der Waals surface area contributed by atoms with E-state index in [-0.39, 0.29) is 16.0 Å². The van der Waals surface area contributed by atoms with Crippen molar-refractivity contribution in [3.05, 3.63) is 40.2 Å². The van der Waals surface area contributed by atoms with Gasteiger partial charge in [-0.25, -0.2) is 18.2 Å². The third-order valence-electron chi connectivity index (χ3n) is 3.64. The Kier molecular flexibility index (Phi) is 3.33. The SMILES string of the molecule is CC1(C)Cc2nc(-c3c(F)cc(F)cc3F)sc2C(O)C1. The lowest BCUT2D eigenvalue weighted by Crippen LogP contribution is -2.24. The van der Waals surface area contributed by atoms with E-state index in [1.165, 1.54) is 0 Å². The van der Waals surface area contributed by atoms with Gasteiger partial charge in [0.15, 0.2) is 0 Å². The van der Waals surface area contributed by atoms with Crippen molar-refractivity contribution in [1.82, 2.24) is 4.98 Å². The van der Waals surface area contributed by atoms with Gasteiger partial charge in [-0.1, -0.05) is 13.8 Å². The molecule has 1 aromatic carbocycles. The van der Waals surface area contributed by atoms with Gasteiger partial charge in [0.05, 0.1) is 22.2 Å². The lowest BCUT2D eigenvalue weighted by atomic mass is 9.77. The van der Waals surface area contributed by atoms with E-state index in [0.717, 1.165) is 11.3 Å². The van der Waals surface area contributed by atoms with Crippen molar-refractivity contribution >= 4 is 11.3 Å². The van der Waals surface area contributed by atoms with Gasteiger partial charge in [0.1, 0.15) is 22.5 Å². The number of aliphatic hydroxyl groups excluding tert-OH is 1. The van der Waals surface area contributed by atoms with Crippen LogP contribution < -0.4 is 0 Å². The van der Waals surface area contributed by atoms with E-state index in [9.17, 15) is 18.3 Å². The molecule has 0 spiro atoms. The van der Waals surface area contributed by atoms with Gasteiger partial charge < -0.3 is 5.11 Å². The Morgan fingerprint density at radius 2 is 1.86 bits per heavy atom. The van der Waals surface area contributed by atoms with Gasteiger partial charge in [-0.3, -0.25) is 0 Å². The number of nitrogens with zero attached hydrogens (tertiary/aromatic N) is 1. The van der Waals surface area contributed by atoms with Gasteiger partial charge in [-0.15, -0.1) is 11.3 Å². The molecule has 0 radical (unpaired) electrons. The number of benzene rings is 1. The molecule has 0 saturated heterocycles. The third kappa shape index (κ3) is 2.58. The summed E-state index contributed by atoms with van der Waals surface area (Å²) >= 11 is 1.07. The van der Waals surface area contributed by atoms with Gasteiger partial charge in [-0.05, 0) is 18.3 Å². The maximum atomic E-state index is 13.8. The van der Waals surface area contributed by atoms with Crippen LogP contribution in [0.15, 0.2) is 12.1 Å². The fourth-order valence-electron chi connectivity index (χ4n) is 2.75. The van der Waals surface area contributed by atoms with Crippen molar-refractivity contribution in [2.45, 2.75) is 32.8 Å². The predicted octanol–water partition coefficient (Wildman–Crippen LogP) is 4.23. The zero-order valence-electron chi connectivity index (χ0n) is 11.6. The van der Waals surface area contributed by atoms with E-state index in [4.69, 9.17) is 0 Å². The molecule has 1 heterocycles. The minimum Gasteiger partial charge on any atom is -0.387 e. The molecule has 1 atom stereocenters. The number of hydrogen-bond donors (Lipinski definition) is 1. The number of aromatic nitrogens is 1. The monoisotopic (exact) mass is 313 g/mol. The Morgan fingerprint density at radius 1 is 1.24 bits per heavy atom. The lowest BCUT2D eigenvalue weighted by molar-refractivity contribution is 0.102. The molecule has 3 rings (SSSR count).